The Hall–Kier alpha value is -4.72. The molecule has 0 radical (unpaired) electrons. The van der Waals surface area contributed by atoms with Crippen molar-refractivity contribution < 1.29 is 14.4 Å². The van der Waals surface area contributed by atoms with E-state index < -0.39 is 5.91 Å². The second-order valence-corrected chi connectivity index (χ2v) is 8.63. The molecule has 180 valence electrons. The van der Waals surface area contributed by atoms with Crippen LogP contribution in [0, 0.1) is 5.92 Å². The Morgan fingerprint density at radius 2 is 1.61 bits per heavy atom. The first-order chi connectivity index (χ1) is 17.6. The number of hydrogen-bond donors (Lipinski definition) is 3. The largest absolute Gasteiger partial charge is 0.326 e. The van der Waals surface area contributed by atoms with Crippen molar-refractivity contribution in [2.75, 3.05) is 5.32 Å². The first-order valence-electron chi connectivity index (χ1n) is 11.8. The van der Waals surface area contributed by atoms with Crippen LogP contribution < -0.4 is 16.2 Å². The maximum absolute atomic E-state index is 13.0. The molecule has 36 heavy (non-hydrogen) atoms. The number of aromatic nitrogens is 2. The van der Waals surface area contributed by atoms with Gasteiger partial charge in [0, 0.05) is 29.8 Å². The molecule has 1 aromatic heterocycles. The van der Waals surface area contributed by atoms with Crippen LogP contribution in [-0.2, 0) is 16.0 Å². The number of nitrogens with one attached hydrogen (secondary N) is 3. The summed E-state index contributed by atoms with van der Waals surface area (Å²) in [5.41, 5.74) is 9.27. The molecule has 0 spiro atoms. The van der Waals surface area contributed by atoms with Gasteiger partial charge in [0.25, 0.3) is 5.91 Å². The van der Waals surface area contributed by atoms with Gasteiger partial charge in [0.15, 0.2) is 0 Å². The highest BCUT2D eigenvalue weighted by molar-refractivity contribution is 6.00. The van der Waals surface area contributed by atoms with Gasteiger partial charge in [-0.15, -0.1) is 0 Å². The van der Waals surface area contributed by atoms with Gasteiger partial charge >= 0.3 is 0 Å². The number of fused-ring (bicyclic) bond motifs is 1. The molecule has 0 fully saturated rings. The minimum absolute atomic E-state index is 0.0913. The molecule has 0 saturated heterocycles. The molecule has 8 nitrogen and oxygen atoms in total. The molecule has 1 aliphatic rings. The summed E-state index contributed by atoms with van der Waals surface area (Å²) in [5, 5.41) is 7.52. The van der Waals surface area contributed by atoms with E-state index >= 15 is 0 Å². The van der Waals surface area contributed by atoms with Gasteiger partial charge in [0.2, 0.25) is 11.8 Å². The number of para-hydroxylation sites is 2. The fraction of sp³-hybridized carbons (Fsp3) is 0.143. The molecule has 1 atom stereocenters. The van der Waals surface area contributed by atoms with Gasteiger partial charge in [-0.05, 0) is 36.6 Å². The normalized spacial score (nSPS) is 14.4. The highest BCUT2D eigenvalue weighted by Crippen LogP contribution is 2.27. The summed E-state index contributed by atoms with van der Waals surface area (Å²) in [7, 11) is 0. The summed E-state index contributed by atoms with van der Waals surface area (Å²) in [4.78, 5) is 37.9. The second-order valence-electron chi connectivity index (χ2n) is 8.63. The standard InChI is InChI=1S/C28H25N5O3/c34-25(16-15-21-17-20-11-7-8-14-24(20)29-27(21)35)30-31-28(36)23-18-33(22-12-5-2-6-13-22)32-26(23)19-9-3-1-4-10-19/h1-14,18,21H,15-17H2,(H,29,35)(H,30,34)(H,31,36). The fourth-order valence-corrected chi connectivity index (χ4v) is 4.27. The Balaban J connectivity index is 1.24. The number of amides is 3. The molecule has 4 aromatic rings. The van der Waals surface area contributed by atoms with Crippen LogP contribution in [0.15, 0.2) is 91.1 Å². The van der Waals surface area contributed by atoms with Gasteiger partial charge in [-0.1, -0.05) is 66.7 Å². The Morgan fingerprint density at radius 3 is 2.39 bits per heavy atom. The Kier molecular flexibility index (Phi) is 6.57. The first kappa shape index (κ1) is 23.0. The van der Waals surface area contributed by atoms with Crippen LogP contribution in [0.2, 0.25) is 0 Å². The number of hydrogen-bond acceptors (Lipinski definition) is 4. The van der Waals surface area contributed by atoms with Crippen molar-refractivity contribution in [2.45, 2.75) is 19.3 Å². The Bertz CT molecular complexity index is 1400. The highest BCUT2D eigenvalue weighted by atomic mass is 16.2. The minimum Gasteiger partial charge on any atom is -0.326 e. The van der Waals surface area contributed by atoms with Crippen LogP contribution in [0.3, 0.4) is 0 Å². The molecule has 3 N–H and O–H groups in total. The summed E-state index contributed by atoms with van der Waals surface area (Å²) >= 11 is 0. The summed E-state index contributed by atoms with van der Waals surface area (Å²) in [6.45, 7) is 0. The third-order valence-electron chi connectivity index (χ3n) is 6.17. The van der Waals surface area contributed by atoms with E-state index in [0.29, 0.717) is 24.1 Å². The predicted octanol–water partition coefficient (Wildman–Crippen LogP) is 3.89. The fourth-order valence-electron chi connectivity index (χ4n) is 4.27. The highest BCUT2D eigenvalue weighted by Gasteiger charge is 2.26. The number of hydrazine groups is 1. The smallest absolute Gasteiger partial charge is 0.273 e. The molecular weight excluding hydrogens is 454 g/mol. The monoisotopic (exact) mass is 479 g/mol. The average Bonchev–Trinajstić information content (AvgIpc) is 3.37. The topological polar surface area (TPSA) is 105 Å². The number of benzene rings is 3. The number of carbonyl (C=O) groups is 3. The van der Waals surface area contributed by atoms with E-state index in [-0.39, 0.29) is 24.2 Å². The van der Waals surface area contributed by atoms with Crippen molar-refractivity contribution >= 4 is 23.4 Å². The van der Waals surface area contributed by atoms with Gasteiger partial charge in [0.05, 0.1) is 11.3 Å². The van der Waals surface area contributed by atoms with E-state index in [9.17, 15) is 14.4 Å². The molecular formula is C28H25N5O3. The summed E-state index contributed by atoms with van der Waals surface area (Å²) in [5.74, 6) is -1.23. The van der Waals surface area contributed by atoms with Crippen LogP contribution >= 0.6 is 0 Å². The Labute approximate surface area is 208 Å². The lowest BCUT2D eigenvalue weighted by Crippen LogP contribution is -2.42. The molecule has 1 unspecified atom stereocenters. The van der Waals surface area contributed by atoms with Gasteiger partial charge in [-0.2, -0.15) is 5.10 Å². The third-order valence-corrected chi connectivity index (χ3v) is 6.17. The van der Waals surface area contributed by atoms with Gasteiger partial charge in [-0.25, -0.2) is 4.68 Å². The molecule has 0 saturated carbocycles. The van der Waals surface area contributed by atoms with E-state index in [2.05, 4.69) is 21.3 Å². The number of nitrogens with zero attached hydrogens (tertiary/aromatic N) is 2. The first-order valence-corrected chi connectivity index (χ1v) is 11.8. The van der Waals surface area contributed by atoms with Crippen LogP contribution in [0.4, 0.5) is 5.69 Å². The summed E-state index contributed by atoms with van der Waals surface area (Å²) < 4.78 is 1.64. The van der Waals surface area contributed by atoms with E-state index in [1.54, 1.807) is 10.9 Å². The van der Waals surface area contributed by atoms with Crippen LogP contribution in [0.25, 0.3) is 16.9 Å². The number of carbonyl (C=O) groups excluding carboxylic acids is 3. The van der Waals surface area contributed by atoms with Crippen LogP contribution in [0.5, 0.6) is 0 Å². The lowest BCUT2D eigenvalue weighted by Gasteiger charge is -2.24. The van der Waals surface area contributed by atoms with Crippen LogP contribution in [0.1, 0.15) is 28.8 Å². The molecule has 2 heterocycles. The lowest BCUT2D eigenvalue weighted by atomic mass is 9.89. The quantitative estimate of drug-likeness (QED) is 0.365. The molecule has 0 bridgehead atoms. The van der Waals surface area contributed by atoms with E-state index in [1.807, 2.05) is 84.9 Å². The maximum Gasteiger partial charge on any atom is 0.273 e. The molecule has 3 amide bonds. The van der Waals surface area contributed by atoms with Gasteiger partial charge < -0.3 is 5.32 Å². The van der Waals surface area contributed by atoms with Crippen LogP contribution in [-0.4, -0.2) is 27.5 Å². The molecule has 8 heteroatoms. The zero-order valence-corrected chi connectivity index (χ0v) is 19.5. The van der Waals surface area contributed by atoms with E-state index in [0.717, 1.165) is 22.5 Å². The zero-order chi connectivity index (χ0) is 24.9. The minimum atomic E-state index is -0.478. The summed E-state index contributed by atoms with van der Waals surface area (Å²) in [6.07, 6.45) is 2.71. The van der Waals surface area contributed by atoms with Gasteiger partial charge in [-0.3, -0.25) is 25.2 Å². The van der Waals surface area contributed by atoms with Crippen molar-refractivity contribution in [2.24, 2.45) is 5.92 Å². The second kappa shape index (κ2) is 10.3. The SMILES string of the molecule is O=C(CCC1Cc2ccccc2NC1=O)NNC(=O)c1cn(-c2ccccc2)nc1-c1ccccc1. The average molecular weight is 480 g/mol. The molecule has 5 rings (SSSR count). The zero-order valence-electron chi connectivity index (χ0n) is 19.5. The van der Waals surface area contributed by atoms with Crippen molar-refractivity contribution in [1.29, 1.82) is 0 Å². The number of anilines is 1. The van der Waals surface area contributed by atoms with Gasteiger partial charge in [0.1, 0.15) is 5.69 Å². The van der Waals surface area contributed by atoms with E-state index in [1.165, 1.54) is 0 Å². The number of rotatable bonds is 6. The van der Waals surface area contributed by atoms with Crippen molar-refractivity contribution in [1.82, 2.24) is 20.6 Å². The van der Waals surface area contributed by atoms with Crippen molar-refractivity contribution in [3.63, 3.8) is 0 Å². The molecule has 3 aromatic carbocycles. The maximum atomic E-state index is 13.0. The third kappa shape index (κ3) is 5.02. The predicted molar refractivity (Wildman–Crippen MR) is 136 cm³/mol. The molecule has 1 aliphatic heterocycles. The Morgan fingerprint density at radius 1 is 0.917 bits per heavy atom. The van der Waals surface area contributed by atoms with E-state index in [4.69, 9.17) is 0 Å². The van der Waals surface area contributed by atoms with Crippen molar-refractivity contribution in [3.05, 3.63) is 102 Å². The lowest BCUT2D eigenvalue weighted by molar-refractivity contribution is -0.123. The van der Waals surface area contributed by atoms with Crippen molar-refractivity contribution in [3.8, 4) is 16.9 Å². The molecule has 0 aliphatic carbocycles. The summed E-state index contributed by atoms with van der Waals surface area (Å²) in [6, 6.07) is 26.5.